The van der Waals surface area contributed by atoms with Gasteiger partial charge in [0, 0.05) is 18.4 Å². The van der Waals surface area contributed by atoms with Gasteiger partial charge in [-0.3, -0.25) is 9.89 Å². The Morgan fingerprint density at radius 3 is 3.00 bits per heavy atom. The molecule has 1 unspecified atom stereocenters. The highest BCUT2D eigenvalue weighted by molar-refractivity contribution is 6.03. The first-order valence-electron chi connectivity index (χ1n) is 8.43. The maximum Gasteiger partial charge on any atom is 0.276 e. The minimum atomic E-state index is -0.454. The van der Waals surface area contributed by atoms with E-state index in [-0.39, 0.29) is 23.4 Å². The fraction of sp³-hybridized carbons (Fsp3) is 0.444. The monoisotopic (exact) mass is 347 g/mol. The lowest BCUT2D eigenvalue weighted by Gasteiger charge is -2.15. The zero-order chi connectivity index (χ0) is 17.8. The molecule has 1 aromatic heterocycles. The van der Waals surface area contributed by atoms with Crippen molar-refractivity contribution in [2.24, 2.45) is 0 Å². The van der Waals surface area contributed by atoms with Gasteiger partial charge in [0.2, 0.25) is 0 Å². The number of carbonyl (C=O) groups excluding carboxylic acids is 1. The van der Waals surface area contributed by atoms with E-state index in [1.54, 1.807) is 6.07 Å². The Labute approximate surface area is 145 Å². The number of hydrogen-bond donors (Lipinski definition) is 2. The van der Waals surface area contributed by atoms with Crippen LogP contribution in [0.5, 0.6) is 5.75 Å². The summed E-state index contributed by atoms with van der Waals surface area (Å²) < 4.78 is 24.8. The third-order valence-corrected chi connectivity index (χ3v) is 4.09. The van der Waals surface area contributed by atoms with E-state index in [2.05, 4.69) is 15.5 Å². The summed E-state index contributed by atoms with van der Waals surface area (Å²) in [6.07, 6.45) is 1.99. The molecule has 1 atom stereocenters. The molecule has 1 aliphatic heterocycles. The summed E-state index contributed by atoms with van der Waals surface area (Å²) in [6.45, 7) is 5.10. The van der Waals surface area contributed by atoms with Crippen molar-refractivity contribution in [3.8, 4) is 5.75 Å². The van der Waals surface area contributed by atoms with Crippen molar-refractivity contribution in [2.75, 3.05) is 18.5 Å². The summed E-state index contributed by atoms with van der Waals surface area (Å²) in [7, 11) is 0. The van der Waals surface area contributed by atoms with Crippen LogP contribution < -0.4 is 10.1 Å². The number of halogens is 1. The quantitative estimate of drug-likeness (QED) is 0.839. The Kier molecular flexibility index (Phi) is 5.33. The van der Waals surface area contributed by atoms with Gasteiger partial charge in [-0.05, 0) is 37.0 Å². The predicted molar refractivity (Wildman–Crippen MR) is 91.5 cm³/mol. The molecule has 3 rings (SSSR count). The number of carbonyl (C=O) groups is 1. The first-order chi connectivity index (χ1) is 12.0. The van der Waals surface area contributed by atoms with E-state index in [1.165, 1.54) is 18.2 Å². The number of nitrogens with zero attached hydrogens (tertiary/aromatic N) is 1. The van der Waals surface area contributed by atoms with E-state index in [9.17, 15) is 9.18 Å². The van der Waals surface area contributed by atoms with Gasteiger partial charge in [-0.15, -0.1) is 0 Å². The lowest BCUT2D eigenvalue weighted by Crippen LogP contribution is -2.18. The molecule has 134 valence electrons. The van der Waals surface area contributed by atoms with Gasteiger partial charge in [0.1, 0.15) is 18.2 Å². The molecule has 1 amide bonds. The van der Waals surface area contributed by atoms with Gasteiger partial charge >= 0.3 is 0 Å². The van der Waals surface area contributed by atoms with Crippen LogP contribution in [0.1, 0.15) is 48.8 Å². The molecule has 0 bridgehead atoms. The summed E-state index contributed by atoms with van der Waals surface area (Å²) in [4.78, 5) is 12.4. The largest absolute Gasteiger partial charge is 0.489 e. The van der Waals surface area contributed by atoms with Crippen molar-refractivity contribution >= 4 is 11.6 Å². The molecular formula is C18H22FN3O3. The number of ether oxygens (including phenoxy) is 2. The Bertz CT molecular complexity index is 739. The van der Waals surface area contributed by atoms with Crippen molar-refractivity contribution in [1.82, 2.24) is 10.2 Å². The van der Waals surface area contributed by atoms with Crippen LogP contribution in [0.15, 0.2) is 24.3 Å². The number of aromatic amines is 1. The third-order valence-electron chi connectivity index (χ3n) is 4.09. The molecule has 0 saturated carbocycles. The molecule has 0 spiro atoms. The lowest BCUT2D eigenvalue weighted by atomic mass is 10.1. The van der Waals surface area contributed by atoms with E-state index in [1.807, 2.05) is 13.8 Å². The molecule has 7 heteroatoms. The van der Waals surface area contributed by atoms with Crippen LogP contribution in [0.2, 0.25) is 0 Å². The maximum atomic E-state index is 13.6. The first kappa shape index (κ1) is 17.4. The second-order valence-corrected chi connectivity index (χ2v) is 6.40. The number of rotatable bonds is 6. The summed E-state index contributed by atoms with van der Waals surface area (Å²) in [6, 6.07) is 5.72. The Morgan fingerprint density at radius 1 is 1.48 bits per heavy atom. The van der Waals surface area contributed by atoms with Crippen molar-refractivity contribution < 1.29 is 18.7 Å². The fourth-order valence-electron chi connectivity index (χ4n) is 2.62. The summed E-state index contributed by atoms with van der Waals surface area (Å²) in [5.41, 5.74) is 1.38. The molecule has 25 heavy (non-hydrogen) atoms. The standard InChI is InChI=1S/C18H22FN3O3/c1-11(2)14-9-16(22-21-14)18(23)20-15-8-12(19)5-6-17(15)25-10-13-4-3-7-24-13/h5-6,8-9,11,13H,3-4,7,10H2,1-2H3,(H,20,23)(H,21,22). The number of hydrogen-bond acceptors (Lipinski definition) is 4. The van der Waals surface area contributed by atoms with Crippen molar-refractivity contribution in [2.45, 2.75) is 38.7 Å². The molecule has 2 heterocycles. The fourth-order valence-corrected chi connectivity index (χ4v) is 2.62. The number of aromatic nitrogens is 2. The molecule has 0 radical (unpaired) electrons. The molecule has 6 nitrogen and oxygen atoms in total. The predicted octanol–water partition coefficient (Wildman–Crippen LogP) is 3.48. The molecule has 1 saturated heterocycles. The van der Waals surface area contributed by atoms with Crippen molar-refractivity contribution in [3.05, 3.63) is 41.5 Å². The third kappa shape index (κ3) is 4.36. The maximum absolute atomic E-state index is 13.6. The minimum absolute atomic E-state index is 0.0357. The molecule has 2 aromatic rings. The summed E-state index contributed by atoms with van der Waals surface area (Å²) >= 11 is 0. The zero-order valence-electron chi connectivity index (χ0n) is 14.3. The van der Waals surface area contributed by atoms with Crippen LogP contribution in [-0.2, 0) is 4.74 Å². The van der Waals surface area contributed by atoms with Crippen LogP contribution in [0, 0.1) is 5.82 Å². The van der Waals surface area contributed by atoms with Gasteiger partial charge < -0.3 is 14.8 Å². The van der Waals surface area contributed by atoms with Crippen LogP contribution in [0.3, 0.4) is 0 Å². The normalized spacial score (nSPS) is 17.0. The van der Waals surface area contributed by atoms with E-state index >= 15 is 0 Å². The molecule has 0 aliphatic carbocycles. The Hall–Kier alpha value is -2.41. The van der Waals surface area contributed by atoms with Crippen molar-refractivity contribution in [3.63, 3.8) is 0 Å². The number of benzene rings is 1. The van der Waals surface area contributed by atoms with E-state index in [4.69, 9.17) is 9.47 Å². The molecule has 2 N–H and O–H groups in total. The number of anilines is 1. The van der Waals surface area contributed by atoms with Gasteiger partial charge in [-0.1, -0.05) is 13.8 Å². The van der Waals surface area contributed by atoms with E-state index < -0.39 is 11.7 Å². The van der Waals surface area contributed by atoms with Crippen LogP contribution in [0.25, 0.3) is 0 Å². The molecule has 1 aromatic carbocycles. The second-order valence-electron chi connectivity index (χ2n) is 6.40. The smallest absolute Gasteiger partial charge is 0.276 e. The highest BCUT2D eigenvalue weighted by Gasteiger charge is 2.19. The Morgan fingerprint density at radius 2 is 2.32 bits per heavy atom. The number of nitrogens with one attached hydrogen (secondary N) is 2. The van der Waals surface area contributed by atoms with Crippen LogP contribution in [-0.4, -0.2) is 35.4 Å². The minimum Gasteiger partial charge on any atom is -0.489 e. The van der Waals surface area contributed by atoms with Gasteiger partial charge in [-0.2, -0.15) is 5.10 Å². The van der Waals surface area contributed by atoms with E-state index in [0.717, 1.165) is 25.1 Å². The van der Waals surface area contributed by atoms with Gasteiger partial charge in [-0.25, -0.2) is 4.39 Å². The average Bonchev–Trinajstić information content (AvgIpc) is 3.26. The first-order valence-corrected chi connectivity index (χ1v) is 8.43. The highest BCUT2D eigenvalue weighted by atomic mass is 19.1. The average molecular weight is 347 g/mol. The number of amides is 1. The number of H-pyrrole nitrogens is 1. The van der Waals surface area contributed by atoms with Gasteiger partial charge in [0.15, 0.2) is 5.69 Å². The Balaban J connectivity index is 1.71. The molecule has 1 fully saturated rings. The lowest BCUT2D eigenvalue weighted by molar-refractivity contribution is 0.0681. The molecule has 1 aliphatic rings. The summed E-state index contributed by atoms with van der Waals surface area (Å²) in [5.74, 6) is -0.237. The van der Waals surface area contributed by atoms with E-state index in [0.29, 0.717) is 12.4 Å². The molecular weight excluding hydrogens is 325 g/mol. The van der Waals surface area contributed by atoms with Crippen LogP contribution >= 0.6 is 0 Å². The van der Waals surface area contributed by atoms with Crippen LogP contribution in [0.4, 0.5) is 10.1 Å². The second kappa shape index (κ2) is 7.65. The zero-order valence-corrected chi connectivity index (χ0v) is 14.3. The van der Waals surface area contributed by atoms with Gasteiger partial charge in [0.05, 0.1) is 11.8 Å². The van der Waals surface area contributed by atoms with Crippen molar-refractivity contribution in [1.29, 1.82) is 0 Å². The highest BCUT2D eigenvalue weighted by Crippen LogP contribution is 2.27. The topological polar surface area (TPSA) is 76.2 Å². The summed E-state index contributed by atoms with van der Waals surface area (Å²) in [5, 5.41) is 9.50. The SMILES string of the molecule is CC(C)c1cc(C(=O)Nc2cc(F)ccc2OCC2CCCO2)n[nH]1. The van der Waals surface area contributed by atoms with Gasteiger partial charge in [0.25, 0.3) is 5.91 Å².